The molecule has 1 atom stereocenters. The molecule has 2 aromatic heterocycles. The van der Waals surface area contributed by atoms with E-state index in [4.69, 9.17) is 4.52 Å². The van der Waals surface area contributed by atoms with Gasteiger partial charge in [0.15, 0.2) is 5.76 Å². The van der Waals surface area contributed by atoms with Crippen LogP contribution in [-0.4, -0.2) is 44.1 Å². The Morgan fingerprint density at radius 1 is 1.03 bits per heavy atom. The molecular weight excluding hydrogens is 440 g/mol. The molecule has 0 radical (unpaired) electrons. The van der Waals surface area contributed by atoms with Crippen LogP contribution in [0.3, 0.4) is 0 Å². The molecule has 4 aromatic rings. The predicted octanol–water partition coefficient (Wildman–Crippen LogP) is 4.00. The standard InChI is InChI=1S/C28H28N4O3/c1-20(33)28-29-14-17-32(28)19-24-18-27(35-30-24)23-8-4-21(5-9-23)2-3-22-6-10-25(11-7-22)31-15-12-26(34)13-16-31/h4-11,14,17-18,20,26,33-34H,12-13,15-16,19H2,1H3. The minimum atomic E-state index is -0.646. The summed E-state index contributed by atoms with van der Waals surface area (Å²) in [5, 5.41) is 23.7. The lowest BCUT2D eigenvalue weighted by atomic mass is 10.1. The van der Waals surface area contributed by atoms with Crippen molar-refractivity contribution in [2.24, 2.45) is 0 Å². The van der Waals surface area contributed by atoms with E-state index in [-0.39, 0.29) is 6.10 Å². The molecule has 0 amide bonds. The molecule has 1 saturated heterocycles. The summed E-state index contributed by atoms with van der Waals surface area (Å²) in [6, 6.07) is 18.1. The first-order valence-electron chi connectivity index (χ1n) is 11.9. The first kappa shape index (κ1) is 22.9. The van der Waals surface area contributed by atoms with Crippen LogP contribution in [0.25, 0.3) is 11.3 Å². The average molecular weight is 469 g/mol. The normalized spacial score (nSPS) is 15.0. The molecule has 35 heavy (non-hydrogen) atoms. The number of aliphatic hydroxyl groups is 2. The molecule has 0 saturated carbocycles. The van der Waals surface area contributed by atoms with E-state index in [0.29, 0.717) is 18.1 Å². The van der Waals surface area contributed by atoms with Crippen LogP contribution in [0.5, 0.6) is 0 Å². The fraction of sp³-hybridized carbons (Fsp3) is 0.286. The third kappa shape index (κ3) is 5.46. The summed E-state index contributed by atoms with van der Waals surface area (Å²) < 4.78 is 7.39. The second-order valence-electron chi connectivity index (χ2n) is 8.86. The van der Waals surface area contributed by atoms with Gasteiger partial charge in [0.1, 0.15) is 17.6 Å². The fourth-order valence-electron chi connectivity index (χ4n) is 4.26. The summed E-state index contributed by atoms with van der Waals surface area (Å²) in [5.41, 5.74) is 4.74. The van der Waals surface area contributed by atoms with Crippen molar-refractivity contribution >= 4 is 5.69 Å². The number of anilines is 1. The first-order valence-corrected chi connectivity index (χ1v) is 11.9. The van der Waals surface area contributed by atoms with E-state index in [1.54, 1.807) is 13.1 Å². The molecule has 0 bridgehead atoms. The molecule has 1 unspecified atom stereocenters. The SMILES string of the molecule is CC(O)c1nccn1Cc1cc(-c2ccc(C#Cc3ccc(N4CCC(O)CC4)cc3)cc2)on1. The van der Waals surface area contributed by atoms with Crippen molar-refractivity contribution in [2.75, 3.05) is 18.0 Å². The van der Waals surface area contributed by atoms with Gasteiger partial charge in [0.25, 0.3) is 0 Å². The summed E-state index contributed by atoms with van der Waals surface area (Å²) >= 11 is 0. The molecule has 2 aromatic carbocycles. The Hall–Kier alpha value is -3.86. The number of hydrogen-bond acceptors (Lipinski definition) is 6. The van der Waals surface area contributed by atoms with Gasteiger partial charge in [-0.15, -0.1) is 0 Å². The summed E-state index contributed by atoms with van der Waals surface area (Å²) in [5.74, 6) is 7.72. The van der Waals surface area contributed by atoms with Gasteiger partial charge in [-0.2, -0.15) is 0 Å². The van der Waals surface area contributed by atoms with Crippen LogP contribution in [-0.2, 0) is 6.54 Å². The molecule has 7 nitrogen and oxygen atoms in total. The monoisotopic (exact) mass is 468 g/mol. The van der Waals surface area contributed by atoms with Crippen molar-refractivity contribution in [3.63, 3.8) is 0 Å². The van der Waals surface area contributed by atoms with Crippen molar-refractivity contribution in [3.05, 3.63) is 89.6 Å². The summed E-state index contributed by atoms with van der Waals surface area (Å²) in [6.07, 6.45) is 4.31. The Kier molecular flexibility index (Phi) is 6.66. The highest BCUT2D eigenvalue weighted by atomic mass is 16.5. The minimum Gasteiger partial charge on any atom is -0.393 e. The average Bonchev–Trinajstić information content (AvgIpc) is 3.54. The topological polar surface area (TPSA) is 87.6 Å². The van der Waals surface area contributed by atoms with Gasteiger partial charge >= 0.3 is 0 Å². The lowest BCUT2D eigenvalue weighted by Crippen LogP contribution is -2.35. The maximum absolute atomic E-state index is 9.82. The molecular formula is C28H28N4O3. The second kappa shape index (κ2) is 10.2. The Morgan fingerprint density at radius 2 is 1.69 bits per heavy atom. The molecule has 5 rings (SSSR count). The number of aliphatic hydroxyl groups excluding tert-OH is 2. The Balaban J connectivity index is 1.22. The van der Waals surface area contributed by atoms with Crippen molar-refractivity contribution in [3.8, 4) is 23.2 Å². The van der Waals surface area contributed by atoms with Gasteiger partial charge in [0, 0.05) is 53.9 Å². The van der Waals surface area contributed by atoms with E-state index in [0.717, 1.165) is 48.3 Å². The molecule has 3 heterocycles. The van der Waals surface area contributed by atoms with E-state index in [9.17, 15) is 10.2 Å². The van der Waals surface area contributed by atoms with Gasteiger partial charge in [0.2, 0.25) is 0 Å². The molecule has 1 fully saturated rings. The van der Waals surface area contributed by atoms with E-state index >= 15 is 0 Å². The van der Waals surface area contributed by atoms with Gasteiger partial charge in [-0.3, -0.25) is 0 Å². The van der Waals surface area contributed by atoms with E-state index < -0.39 is 6.10 Å². The molecule has 0 spiro atoms. The minimum absolute atomic E-state index is 0.166. The predicted molar refractivity (Wildman–Crippen MR) is 134 cm³/mol. The van der Waals surface area contributed by atoms with Crippen molar-refractivity contribution in [2.45, 2.75) is 38.5 Å². The summed E-state index contributed by atoms with van der Waals surface area (Å²) in [4.78, 5) is 6.49. The van der Waals surface area contributed by atoms with Crippen LogP contribution in [0.2, 0.25) is 0 Å². The van der Waals surface area contributed by atoms with Crippen LogP contribution < -0.4 is 4.90 Å². The van der Waals surface area contributed by atoms with Crippen LogP contribution in [0.1, 0.15) is 48.5 Å². The fourth-order valence-corrected chi connectivity index (χ4v) is 4.26. The highest BCUT2D eigenvalue weighted by Crippen LogP contribution is 2.23. The number of nitrogens with zero attached hydrogens (tertiary/aromatic N) is 4. The zero-order valence-corrected chi connectivity index (χ0v) is 19.6. The smallest absolute Gasteiger partial charge is 0.167 e. The molecule has 7 heteroatoms. The molecule has 1 aliphatic heterocycles. The number of hydrogen-bond donors (Lipinski definition) is 2. The largest absolute Gasteiger partial charge is 0.393 e. The van der Waals surface area contributed by atoms with Gasteiger partial charge in [-0.05, 0) is 68.3 Å². The van der Waals surface area contributed by atoms with Crippen molar-refractivity contribution in [1.82, 2.24) is 14.7 Å². The van der Waals surface area contributed by atoms with Gasteiger partial charge < -0.3 is 24.2 Å². The van der Waals surface area contributed by atoms with E-state index in [2.05, 4.69) is 39.0 Å². The maximum atomic E-state index is 9.82. The number of rotatable bonds is 5. The number of aromatic nitrogens is 3. The zero-order chi connectivity index (χ0) is 24.2. The van der Waals surface area contributed by atoms with Crippen molar-refractivity contribution < 1.29 is 14.7 Å². The summed E-state index contributed by atoms with van der Waals surface area (Å²) in [6.45, 7) is 3.94. The van der Waals surface area contributed by atoms with Crippen LogP contribution in [0.15, 0.2) is 71.5 Å². The number of imidazole rings is 1. The van der Waals surface area contributed by atoms with Crippen LogP contribution in [0.4, 0.5) is 5.69 Å². The molecule has 2 N–H and O–H groups in total. The van der Waals surface area contributed by atoms with Gasteiger partial charge in [-0.25, -0.2) is 4.98 Å². The Labute approximate surface area is 204 Å². The highest BCUT2D eigenvalue weighted by Gasteiger charge is 2.17. The van der Waals surface area contributed by atoms with Crippen LogP contribution in [0, 0.1) is 11.8 Å². The third-order valence-electron chi connectivity index (χ3n) is 6.23. The van der Waals surface area contributed by atoms with E-state index in [1.165, 1.54) is 5.69 Å². The second-order valence-corrected chi connectivity index (χ2v) is 8.86. The Bertz CT molecular complexity index is 1320. The lowest BCUT2D eigenvalue weighted by molar-refractivity contribution is 0.145. The van der Waals surface area contributed by atoms with Crippen molar-refractivity contribution in [1.29, 1.82) is 0 Å². The van der Waals surface area contributed by atoms with Gasteiger partial charge in [-0.1, -0.05) is 17.0 Å². The first-order chi connectivity index (χ1) is 17.0. The maximum Gasteiger partial charge on any atom is 0.167 e. The highest BCUT2D eigenvalue weighted by molar-refractivity contribution is 5.59. The lowest BCUT2D eigenvalue weighted by Gasteiger charge is -2.31. The number of piperidine rings is 1. The molecule has 178 valence electrons. The third-order valence-corrected chi connectivity index (χ3v) is 6.23. The summed E-state index contributed by atoms with van der Waals surface area (Å²) in [7, 11) is 0. The molecule has 0 aliphatic carbocycles. The zero-order valence-electron chi connectivity index (χ0n) is 19.6. The number of benzene rings is 2. The van der Waals surface area contributed by atoms with E-state index in [1.807, 2.05) is 53.2 Å². The van der Waals surface area contributed by atoms with Crippen LogP contribution >= 0.6 is 0 Å². The van der Waals surface area contributed by atoms with Gasteiger partial charge in [0.05, 0.1) is 12.6 Å². The molecule has 1 aliphatic rings. The Morgan fingerprint density at radius 3 is 2.34 bits per heavy atom. The quantitative estimate of drug-likeness (QED) is 0.431.